The van der Waals surface area contributed by atoms with Gasteiger partial charge in [-0.1, -0.05) is 72.8 Å². The average molecular weight is 524 g/mol. The van der Waals surface area contributed by atoms with Crippen LogP contribution in [-0.2, 0) is 6.54 Å². The largest absolute Gasteiger partial charge is 0.369 e. The summed E-state index contributed by atoms with van der Waals surface area (Å²) in [5.74, 6) is 1.69. The maximum absolute atomic E-state index is 13.3. The van der Waals surface area contributed by atoms with Gasteiger partial charge in [-0.15, -0.1) is 0 Å². The molecule has 0 aliphatic carbocycles. The Hall–Kier alpha value is -4.01. The summed E-state index contributed by atoms with van der Waals surface area (Å²) >= 11 is 0. The summed E-state index contributed by atoms with van der Waals surface area (Å²) in [6, 6.07) is 28.2. The molecule has 1 saturated heterocycles. The second-order valence-electron chi connectivity index (χ2n) is 9.86. The summed E-state index contributed by atoms with van der Waals surface area (Å²) in [7, 11) is 1.96. The van der Waals surface area contributed by atoms with Gasteiger partial charge in [-0.2, -0.15) is 0 Å². The molecular weight excluding hydrogens is 486 g/mol. The van der Waals surface area contributed by atoms with Gasteiger partial charge in [0.25, 0.3) is 0 Å². The quantitative estimate of drug-likeness (QED) is 0.269. The monoisotopic (exact) mass is 523 g/mol. The number of urea groups is 1. The maximum atomic E-state index is 13.3. The summed E-state index contributed by atoms with van der Waals surface area (Å²) in [5.41, 5.74) is 3.09. The summed E-state index contributed by atoms with van der Waals surface area (Å²) in [6.07, 6.45) is 1.02. The van der Waals surface area contributed by atoms with Crippen molar-refractivity contribution in [2.24, 2.45) is 0 Å². The minimum absolute atomic E-state index is 0.0395. The number of para-hydroxylation sites is 1. The number of rotatable bonds is 10. The third-order valence-corrected chi connectivity index (χ3v) is 7.10. The van der Waals surface area contributed by atoms with E-state index < -0.39 is 0 Å². The lowest BCUT2D eigenvalue weighted by Crippen LogP contribution is -2.52. The lowest BCUT2D eigenvalue weighted by molar-refractivity contribution is 0.132. The van der Waals surface area contributed by atoms with Crippen molar-refractivity contribution >= 4 is 22.8 Å². The number of hydrogen-bond acceptors (Lipinski definition) is 6. The zero-order valence-electron chi connectivity index (χ0n) is 22.5. The molecule has 0 bridgehead atoms. The van der Waals surface area contributed by atoms with Crippen molar-refractivity contribution in [3.63, 3.8) is 0 Å². The van der Waals surface area contributed by atoms with Crippen LogP contribution in [0.5, 0.6) is 0 Å². The van der Waals surface area contributed by atoms with Gasteiger partial charge in [0, 0.05) is 38.1 Å². The molecule has 3 N–H and O–H groups in total. The number of fused-ring (bicyclic) bond motifs is 1. The van der Waals surface area contributed by atoms with E-state index in [1.54, 1.807) is 0 Å². The van der Waals surface area contributed by atoms with Crippen LogP contribution in [-0.4, -0.2) is 72.1 Å². The van der Waals surface area contributed by atoms with Gasteiger partial charge in [0.1, 0.15) is 11.6 Å². The molecule has 5 rings (SSSR count). The van der Waals surface area contributed by atoms with Crippen molar-refractivity contribution in [1.29, 1.82) is 0 Å². The molecule has 2 heterocycles. The van der Waals surface area contributed by atoms with E-state index in [1.165, 1.54) is 0 Å². The predicted molar refractivity (Wildman–Crippen MR) is 157 cm³/mol. The third kappa shape index (κ3) is 6.90. The normalized spacial score (nSPS) is 14.1. The number of carbonyl (C=O) groups is 1. The number of anilines is 1. The van der Waals surface area contributed by atoms with E-state index in [0.717, 1.165) is 66.3 Å². The summed E-state index contributed by atoms with van der Waals surface area (Å²) in [6.45, 7) is 5.32. The molecule has 0 radical (unpaired) electrons. The Bertz CT molecular complexity index is 1300. The van der Waals surface area contributed by atoms with E-state index in [2.05, 4.69) is 51.2 Å². The van der Waals surface area contributed by atoms with Gasteiger partial charge in [0.05, 0.1) is 18.1 Å². The van der Waals surface area contributed by atoms with Crippen molar-refractivity contribution in [2.75, 3.05) is 51.6 Å². The first-order valence-corrected chi connectivity index (χ1v) is 13.7. The van der Waals surface area contributed by atoms with Gasteiger partial charge in [0.2, 0.25) is 0 Å². The number of nitrogens with one attached hydrogen (secondary N) is 3. The molecule has 1 aromatic heterocycles. The van der Waals surface area contributed by atoms with Gasteiger partial charge < -0.3 is 20.9 Å². The van der Waals surface area contributed by atoms with Crippen LogP contribution in [0.2, 0.25) is 0 Å². The van der Waals surface area contributed by atoms with Crippen LogP contribution in [0.25, 0.3) is 10.9 Å². The van der Waals surface area contributed by atoms with E-state index in [-0.39, 0.29) is 12.1 Å². The van der Waals surface area contributed by atoms with E-state index >= 15 is 0 Å². The fourth-order valence-corrected chi connectivity index (χ4v) is 4.98. The van der Waals surface area contributed by atoms with Crippen LogP contribution in [0, 0.1) is 0 Å². The van der Waals surface area contributed by atoms with Crippen LogP contribution in [0.1, 0.15) is 29.4 Å². The smallest absolute Gasteiger partial charge is 0.318 e. The van der Waals surface area contributed by atoms with E-state index in [4.69, 9.17) is 9.97 Å². The first-order chi connectivity index (χ1) is 19.2. The number of carbonyl (C=O) groups excluding carboxylic acids is 1. The lowest BCUT2D eigenvalue weighted by Gasteiger charge is -2.35. The molecule has 0 atom stereocenters. The van der Waals surface area contributed by atoms with Crippen LogP contribution in [0.4, 0.5) is 10.6 Å². The number of amides is 2. The Morgan fingerprint density at radius 3 is 2.13 bits per heavy atom. The SMILES string of the molecule is CNCCCNc1nc(CN2CCN(C(=O)NC(c3ccccc3)c3ccccc3)CC2)nc2ccccc12. The van der Waals surface area contributed by atoms with Crippen LogP contribution >= 0.6 is 0 Å². The average Bonchev–Trinajstić information content (AvgIpc) is 2.99. The molecule has 202 valence electrons. The molecule has 0 spiro atoms. The molecule has 1 aliphatic heterocycles. The number of hydrogen-bond donors (Lipinski definition) is 3. The Balaban J connectivity index is 1.21. The third-order valence-electron chi connectivity index (χ3n) is 7.10. The predicted octanol–water partition coefficient (Wildman–Crippen LogP) is 4.27. The summed E-state index contributed by atoms with van der Waals surface area (Å²) in [4.78, 5) is 27.3. The molecular formula is C31H37N7O. The Kier molecular flexibility index (Phi) is 8.98. The molecule has 2 amide bonds. The highest BCUT2D eigenvalue weighted by Crippen LogP contribution is 2.23. The highest BCUT2D eigenvalue weighted by atomic mass is 16.2. The van der Waals surface area contributed by atoms with Crippen LogP contribution in [0.15, 0.2) is 84.9 Å². The summed E-state index contributed by atoms with van der Waals surface area (Å²) < 4.78 is 0. The second kappa shape index (κ2) is 13.2. The number of benzene rings is 3. The van der Waals surface area contributed by atoms with Crippen LogP contribution < -0.4 is 16.0 Å². The van der Waals surface area contributed by atoms with Gasteiger partial charge in [-0.05, 0) is 43.3 Å². The zero-order chi connectivity index (χ0) is 26.9. The van der Waals surface area contributed by atoms with E-state index in [0.29, 0.717) is 19.6 Å². The maximum Gasteiger partial charge on any atom is 0.318 e. The Morgan fingerprint density at radius 2 is 1.46 bits per heavy atom. The van der Waals surface area contributed by atoms with E-state index in [9.17, 15) is 4.79 Å². The first kappa shape index (κ1) is 26.6. The molecule has 0 saturated carbocycles. The topological polar surface area (TPSA) is 85.4 Å². The van der Waals surface area contributed by atoms with Gasteiger partial charge in [0.15, 0.2) is 0 Å². The van der Waals surface area contributed by atoms with Crippen LogP contribution in [0.3, 0.4) is 0 Å². The highest BCUT2D eigenvalue weighted by molar-refractivity contribution is 5.89. The van der Waals surface area contributed by atoms with Crippen molar-refractivity contribution in [3.05, 3.63) is 102 Å². The molecule has 39 heavy (non-hydrogen) atoms. The molecule has 8 nitrogen and oxygen atoms in total. The molecule has 4 aromatic rings. The minimum Gasteiger partial charge on any atom is -0.369 e. The zero-order valence-corrected chi connectivity index (χ0v) is 22.5. The van der Waals surface area contributed by atoms with Gasteiger partial charge in [-0.3, -0.25) is 4.90 Å². The second-order valence-corrected chi connectivity index (χ2v) is 9.86. The standard InChI is InChI=1S/C31H37N7O/c1-32-17-10-18-33-30-26-15-8-9-16-27(26)34-28(35-30)23-37-19-21-38(22-20-37)31(39)36-29(24-11-4-2-5-12-24)25-13-6-3-7-14-25/h2-9,11-16,29,32H,10,17-23H2,1H3,(H,36,39)(H,33,34,35). The summed E-state index contributed by atoms with van der Waals surface area (Å²) in [5, 5.41) is 11.0. The molecule has 3 aromatic carbocycles. The fraction of sp³-hybridized carbons (Fsp3) is 0.323. The highest BCUT2D eigenvalue weighted by Gasteiger charge is 2.25. The number of aromatic nitrogens is 2. The van der Waals surface area contributed by atoms with Crippen molar-refractivity contribution < 1.29 is 4.79 Å². The van der Waals surface area contributed by atoms with Crippen molar-refractivity contribution in [3.8, 4) is 0 Å². The fourth-order valence-electron chi connectivity index (χ4n) is 4.98. The first-order valence-electron chi connectivity index (χ1n) is 13.7. The molecule has 1 fully saturated rings. The molecule has 0 unspecified atom stereocenters. The van der Waals surface area contributed by atoms with Gasteiger partial charge >= 0.3 is 6.03 Å². The Labute approximate surface area is 230 Å². The van der Waals surface area contributed by atoms with Crippen molar-refractivity contribution in [1.82, 2.24) is 30.4 Å². The Morgan fingerprint density at radius 1 is 0.821 bits per heavy atom. The molecule has 1 aliphatic rings. The minimum atomic E-state index is -0.192. The van der Waals surface area contributed by atoms with Gasteiger partial charge in [-0.25, -0.2) is 14.8 Å². The molecule has 8 heteroatoms. The van der Waals surface area contributed by atoms with E-state index in [1.807, 2.05) is 66.5 Å². The van der Waals surface area contributed by atoms with Crippen molar-refractivity contribution in [2.45, 2.75) is 19.0 Å². The lowest BCUT2D eigenvalue weighted by atomic mass is 9.99. The number of nitrogens with zero attached hydrogens (tertiary/aromatic N) is 4. The number of piperazine rings is 1.